The Morgan fingerprint density at radius 2 is 1.81 bits per heavy atom. The third kappa shape index (κ3) is 3.24. The van der Waals surface area contributed by atoms with Gasteiger partial charge in [0.15, 0.2) is 0 Å². The summed E-state index contributed by atoms with van der Waals surface area (Å²) in [6.07, 6.45) is 4.45. The zero-order valence-electron chi connectivity index (χ0n) is 14.7. The van der Waals surface area contributed by atoms with E-state index in [1.54, 1.807) is 6.07 Å². The highest BCUT2D eigenvalue weighted by Gasteiger charge is 2.41. The minimum absolute atomic E-state index is 0.0295. The monoisotopic (exact) mass is 407 g/mol. The Balaban J connectivity index is 1.60. The van der Waals surface area contributed by atoms with Gasteiger partial charge in [-0.25, -0.2) is 16.8 Å². The van der Waals surface area contributed by atoms with Gasteiger partial charge in [-0.15, -0.1) is 0 Å². The maximum atomic E-state index is 13.3. The lowest BCUT2D eigenvalue weighted by molar-refractivity contribution is 0.345. The number of hydrogen-bond donors (Lipinski definition) is 0. The second kappa shape index (κ2) is 6.88. The molecule has 2 aliphatic heterocycles. The minimum atomic E-state index is -3.75. The molecule has 1 aromatic carbocycles. The summed E-state index contributed by atoms with van der Waals surface area (Å²) >= 11 is 0. The van der Waals surface area contributed by atoms with Gasteiger partial charge in [-0.1, -0.05) is 18.2 Å². The Hall–Kier alpha value is -1.97. The number of rotatable bonds is 4. The van der Waals surface area contributed by atoms with E-state index in [1.807, 2.05) is 24.3 Å². The van der Waals surface area contributed by atoms with Crippen LogP contribution in [-0.4, -0.2) is 51.0 Å². The van der Waals surface area contributed by atoms with Gasteiger partial charge < -0.3 is 0 Å². The minimum Gasteiger partial charge on any atom is -0.269 e. The largest absolute Gasteiger partial charge is 0.269 e. The van der Waals surface area contributed by atoms with Gasteiger partial charge in [-0.3, -0.25) is 9.29 Å². The maximum Gasteiger partial charge on any atom is 0.244 e. The average molecular weight is 408 g/mol. The molecule has 1 aromatic heterocycles. The molecule has 9 heteroatoms. The third-order valence-corrected chi connectivity index (χ3v) is 9.26. The molecular weight excluding hydrogens is 386 g/mol. The SMILES string of the molecule is O=S(=O)(c1cccnc1)N1CCC[C@H](S(=O)(=O)N2CCc3ccccc32)C1. The molecule has 0 unspecified atom stereocenters. The topological polar surface area (TPSA) is 87.6 Å². The molecule has 1 atom stereocenters. The molecule has 0 N–H and O–H groups in total. The summed E-state index contributed by atoms with van der Waals surface area (Å²) in [6, 6.07) is 10.5. The number of nitrogens with zero attached hydrogens (tertiary/aromatic N) is 3. The number of benzene rings is 1. The summed E-state index contributed by atoms with van der Waals surface area (Å²) in [5.41, 5.74) is 1.72. The highest BCUT2D eigenvalue weighted by Crippen LogP contribution is 2.33. The van der Waals surface area contributed by atoms with E-state index in [9.17, 15) is 16.8 Å². The Kier molecular flexibility index (Phi) is 4.69. The van der Waals surface area contributed by atoms with E-state index >= 15 is 0 Å². The summed E-state index contributed by atoms with van der Waals surface area (Å²) in [4.78, 5) is 3.96. The number of aromatic nitrogens is 1. The lowest BCUT2D eigenvalue weighted by Crippen LogP contribution is -2.49. The van der Waals surface area contributed by atoms with E-state index in [2.05, 4.69) is 4.98 Å². The van der Waals surface area contributed by atoms with Crippen molar-refractivity contribution in [3.63, 3.8) is 0 Å². The van der Waals surface area contributed by atoms with Crippen molar-refractivity contribution in [2.75, 3.05) is 23.9 Å². The standard InChI is InChI=1S/C18H21N3O4S2/c22-26(23,16-6-3-10-19-13-16)20-11-4-7-17(14-20)27(24,25)21-12-9-15-5-1-2-8-18(15)21/h1-3,5-6,8,10,13,17H,4,7,9,11-12,14H2/t17-/m0/s1. The molecule has 1 saturated heterocycles. The Morgan fingerprint density at radius 3 is 2.59 bits per heavy atom. The van der Waals surface area contributed by atoms with Crippen LogP contribution < -0.4 is 4.31 Å². The van der Waals surface area contributed by atoms with Gasteiger partial charge in [0.05, 0.1) is 10.9 Å². The Morgan fingerprint density at radius 1 is 1.00 bits per heavy atom. The molecule has 0 bridgehead atoms. The second-order valence-corrected chi connectivity index (χ2v) is 10.9. The van der Waals surface area contributed by atoms with E-state index in [4.69, 9.17) is 0 Å². The van der Waals surface area contributed by atoms with Gasteiger partial charge >= 0.3 is 0 Å². The van der Waals surface area contributed by atoms with E-state index in [1.165, 1.54) is 27.1 Å². The van der Waals surface area contributed by atoms with Crippen molar-refractivity contribution < 1.29 is 16.8 Å². The highest BCUT2D eigenvalue weighted by molar-refractivity contribution is 7.93. The normalized spacial score (nSPS) is 21.2. The van der Waals surface area contributed by atoms with Crippen LogP contribution in [0.5, 0.6) is 0 Å². The zero-order valence-corrected chi connectivity index (χ0v) is 16.4. The van der Waals surface area contributed by atoms with Crippen molar-refractivity contribution in [3.05, 3.63) is 54.4 Å². The van der Waals surface area contributed by atoms with Crippen molar-refractivity contribution in [1.82, 2.24) is 9.29 Å². The number of fused-ring (bicyclic) bond motifs is 1. The molecule has 0 radical (unpaired) electrons. The third-order valence-electron chi connectivity index (χ3n) is 5.19. The quantitative estimate of drug-likeness (QED) is 0.769. The van der Waals surface area contributed by atoms with E-state index < -0.39 is 25.3 Å². The first-order valence-corrected chi connectivity index (χ1v) is 11.8. The summed E-state index contributed by atoms with van der Waals surface area (Å²) < 4.78 is 54.9. The highest BCUT2D eigenvalue weighted by atomic mass is 32.2. The number of pyridine rings is 1. The Labute approximate surface area is 159 Å². The fourth-order valence-corrected chi connectivity index (χ4v) is 7.34. The van der Waals surface area contributed by atoms with Crippen LogP contribution >= 0.6 is 0 Å². The van der Waals surface area contributed by atoms with Gasteiger partial charge in [0.25, 0.3) is 0 Å². The lowest BCUT2D eigenvalue weighted by Gasteiger charge is -2.34. The van der Waals surface area contributed by atoms with Crippen molar-refractivity contribution in [1.29, 1.82) is 0 Å². The second-order valence-electron chi connectivity index (χ2n) is 6.81. The molecular formula is C18H21N3O4S2. The number of hydrogen-bond acceptors (Lipinski definition) is 5. The zero-order chi connectivity index (χ0) is 19.1. The molecule has 27 heavy (non-hydrogen) atoms. The van der Waals surface area contributed by atoms with Crippen LogP contribution in [0, 0.1) is 0 Å². The van der Waals surface area contributed by atoms with Gasteiger partial charge in [0.2, 0.25) is 20.0 Å². The molecule has 0 amide bonds. The molecule has 0 aliphatic carbocycles. The van der Waals surface area contributed by atoms with Crippen molar-refractivity contribution in [2.24, 2.45) is 0 Å². The number of para-hydroxylation sites is 1. The van der Waals surface area contributed by atoms with E-state index in [0.717, 1.165) is 5.56 Å². The lowest BCUT2D eigenvalue weighted by atomic mass is 10.2. The molecule has 2 aromatic rings. The molecule has 3 heterocycles. The van der Waals surface area contributed by atoms with Gasteiger partial charge in [0.1, 0.15) is 4.90 Å². The van der Waals surface area contributed by atoms with Crippen molar-refractivity contribution >= 4 is 25.7 Å². The number of sulfonamides is 2. The van der Waals surface area contributed by atoms with Gasteiger partial charge in [-0.2, -0.15) is 4.31 Å². The summed E-state index contributed by atoms with van der Waals surface area (Å²) in [6.45, 7) is 0.700. The first kappa shape index (κ1) is 18.4. The Bertz CT molecular complexity index is 1040. The van der Waals surface area contributed by atoms with E-state index in [-0.39, 0.29) is 11.4 Å². The molecule has 7 nitrogen and oxygen atoms in total. The van der Waals surface area contributed by atoms with Crippen molar-refractivity contribution in [2.45, 2.75) is 29.4 Å². The fraction of sp³-hybridized carbons (Fsp3) is 0.389. The summed E-state index contributed by atoms with van der Waals surface area (Å²) in [7, 11) is -7.39. The van der Waals surface area contributed by atoms with Crippen LogP contribution in [0.1, 0.15) is 18.4 Å². The van der Waals surface area contributed by atoms with Crippen LogP contribution in [0.25, 0.3) is 0 Å². The first-order chi connectivity index (χ1) is 12.9. The van der Waals surface area contributed by atoms with E-state index in [0.29, 0.717) is 38.0 Å². The summed E-state index contributed by atoms with van der Waals surface area (Å²) in [5.74, 6) is 0. The van der Waals surface area contributed by atoms with Gasteiger partial charge in [0, 0.05) is 32.0 Å². The molecule has 4 rings (SSSR count). The van der Waals surface area contributed by atoms with Gasteiger partial charge in [-0.05, 0) is 43.0 Å². The molecule has 1 fully saturated rings. The molecule has 0 saturated carbocycles. The molecule has 2 aliphatic rings. The first-order valence-electron chi connectivity index (χ1n) is 8.90. The van der Waals surface area contributed by atoms with Crippen LogP contribution in [0.15, 0.2) is 53.7 Å². The number of anilines is 1. The van der Waals surface area contributed by atoms with Crippen molar-refractivity contribution in [3.8, 4) is 0 Å². The number of piperidine rings is 1. The molecule has 0 spiro atoms. The van der Waals surface area contributed by atoms with Crippen LogP contribution in [0.4, 0.5) is 5.69 Å². The average Bonchev–Trinajstić information content (AvgIpc) is 3.14. The van der Waals surface area contributed by atoms with Crippen LogP contribution in [-0.2, 0) is 26.5 Å². The predicted molar refractivity (Wildman–Crippen MR) is 102 cm³/mol. The fourth-order valence-electron chi connectivity index (χ4n) is 3.77. The molecule has 144 valence electrons. The smallest absolute Gasteiger partial charge is 0.244 e. The summed E-state index contributed by atoms with van der Waals surface area (Å²) in [5, 5.41) is -0.746. The maximum absolute atomic E-state index is 13.3. The van der Waals surface area contributed by atoms with Crippen LogP contribution in [0.2, 0.25) is 0 Å². The van der Waals surface area contributed by atoms with Crippen LogP contribution in [0.3, 0.4) is 0 Å². The predicted octanol–water partition coefficient (Wildman–Crippen LogP) is 1.63.